The molecule has 2 aromatic carbocycles. The molecule has 0 saturated carbocycles. The van der Waals surface area contributed by atoms with Crippen molar-refractivity contribution in [3.8, 4) is 5.75 Å². The highest BCUT2D eigenvalue weighted by molar-refractivity contribution is 7.89. The molecule has 0 atom stereocenters. The zero-order chi connectivity index (χ0) is 22.4. The first-order valence-corrected chi connectivity index (χ1v) is 10.8. The van der Waals surface area contributed by atoms with Gasteiger partial charge in [-0.15, -0.1) is 0 Å². The van der Waals surface area contributed by atoms with Crippen molar-refractivity contribution >= 4 is 21.6 Å². The predicted octanol–water partition coefficient (Wildman–Crippen LogP) is 1.82. The lowest BCUT2D eigenvalue weighted by Gasteiger charge is -2.15. The largest absolute Gasteiger partial charge is 0.492 e. The van der Waals surface area contributed by atoms with Crippen LogP contribution in [0.4, 0.5) is 5.69 Å². The molecule has 0 saturated heterocycles. The fourth-order valence-electron chi connectivity index (χ4n) is 2.67. The highest BCUT2D eigenvalue weighted by Crippen LogP contribution is 2.23. The number of amides is 1. The number of nitrogens with one attached hydrogen (secondary N) is 1. The van der Waals surface area contributed by atoms with Gasteiger partial charge >= 0.3 is 0 Å². The minimum absolute atomic E-state index is 0.0311. The van der Waals surface area contributed by atoms with Gasteiger partial charge < -0.3 is 10.1 Å². The van der Waals surface area contributed by atoms with E-state index in [0.29, 0.717) is 5.75 Å². The van der Waals surface area contributed by atoms with Gasteiger partial charge in [-0.25, -0.2) is 17.4 Å². The first kappa shape index (κ1) is 22.2. The maximum absolute atomic E-state index is 12.7. The molecule has 1 amide bonds. The molecule has 9 nitrogen and oxygen atoms in total. The second-order valence-corrected chi connectivity index (χ2v) is 8.80. The van der Waals surface area contributed by atoms with Crippen molar-refractivity contribution in [2.24, 2.45) is 0 Å². The van der Waals surface area contributed by atoms with E-state index in [1.165, 1.54) is 38.4 Å². The summed E-state index contributed by atoms with van der Waals surface area (Å²) in [5.41, 5.74) is -0.298. The molecule has 0 aliphatic carbocycles. The average molecular weight is 442 g/mol. The predicted molar refractivity (Wildman–Crippen MR) is 116 cm³/mol. The summed E-state index contributed by atoms with van der Waals surface area (Å²) in [7, 11) is -0.951. The number of carbonyl (C=O) groups is 1. The Bertz CT molecular complexity index is 1220. The number of ether oxygens (including phenoxy) is 1. The number of benzene rings is 2. The number of anilines is 1. The maximum Gasteiger partial charge on any atom is 0.276 e. The van der Waals surface area contributed by atoms with Gasteiger partial charge in [-0.1, -0.05) is 30.3 Å². The minimum atomic E-state index is -3.76. The van der Waals surface area contributed by atoms with Crippen molar-refractivity contribution in [2.45, 2.75) is 11.4 Å². The fourth-order valence-corrected chi connectivity index (χ4v) is 3.72. The summed E-state index contributed by atoms with van der Waals surface area (Å²) < 4.78 is 32.8. The zero-order valence-corrected chi connectivity index (χ0v) is 17.9. The molecule has 1 heterocycles. The number of aromatic nitrogens is 2. The summed E-state index contributed by atoms with van der Waals surface area (Å²) in [5, 5.41) is 6.64. The molecule has 0 radical (unpaired) electrons. The monoisotopic (exact) mass is 442 g/mol. The first-order chi connectivity index (χ1) is 14.8. The van der Waals surface area contributed by atoms with Gasteiger partial charge in [0.2, 0.25) is 10.0 Å². The van der Waals surface area contributed by atoms with E-state index in [1.54, 1.807) is 24.3 Å². The van der Waals surface area contributed by atoms with Gasteiger partial charge in [0.25, 0.3) is 11.5 Å². The number of carbonyl (C=O) groups excluding carboxylic acids is 1. The van der Waals surface area contributed by atoms with E-state index in [4.69, 9.17) is 4.74 Å². The Labute approximate surface area is 179 Å². The maximum atomic E-state index is 12.7. The van der Waals surface area contributed by atoms with E-state index < -0.39 is 15.9 Å². The van der Waals surface area contributed by atoms with E-state index in [1.807, 2.05) is 18.2 Å². The Balaban J connectivity index is 1.76. The van der Waals surface area contributed by atoms with Crippen LogP contribution in [0.25, 0.3) is 0 Å². The molecule has 10 heteroatoms. The van der Waals surface area contributed by atoms with E-state index in [9.17, 15) is 18.0 Å². The van der Waals surface area contributed by atoms with Crippen LogP contribution in [0, 0.1) is 0 Å². The first-order valence-electron chi connectivity index (χ1n) is 9.38. The zero-order valence-electron chi connectivity index (χ0n) is 17.1. The molecule has 1 N–H and O–H groups in total. The van der Waals surface area contributed by atoms with E-state index in [2.05, 4.69) is 10.4 Å². The Morgan fingerprint density at radius 1 is 1.03 bits per heavy atom. The summed E-state index contributed by atoms with van der Waals surface area (Å²) in [6.07, 6.45) is 0. The molecular formula is C21H22N4O5S. The van der Waals surface area contributed by atoms with Crippen LogP contribution in [-0.4, -0.2) is 49.1 Å². The quantitative estimate of drug-likeness (QED) is 0.570. The Hall–Kier alpha value is -3.50. The summed E-state index contributed by atoms with van der Waals surface area (Å²) in [4.78, 5) is 24.7. The van der Waals surface area contributed by atoms with Crippen molar-refractivity contribution in [2.75, 3.05) is 26.0 Å². The summed E-state index contributed by atoms with van der Waals surface area (Å²) in [5.74, 6) is 0.0160. The SMILES string of the molecule is CN(C)S(=O)(=O)c1ccccc1NC(=O)c1ccc(=O)n(CCOc2ccccc2)n1. The number of rotatable bonds is 8. The molecular weight excluding hydrogens is 420 g/mol. The summed E-state index contributed by atoms with van der Waals surface area (Å²) in [6, 6.07) is 17.7. The normalized spacial score (nSPS) is 11.3. The van der Waals surface area contributed by atoms with E-state index >= 15 is 0 Å². The Kier molecular flexibility index (Phi) is 6.83. The molecule has 0 spiro atoms. The number of hydrogen-bond donors (Lipinski definition) is 1. The molecule has 3 rings (SSSR count). The van der Waals surface area contributed by atoms with Gasteiger partial charge in [-0.3, -0.25) is 9.59 Å². The van der Waals surface area contributed by atoms with Gasteiger partial charge in [0.15, 0.2) is 0 Å². The third-order valence-corrected chi connectivity index (χ3v) is 6.18. The lowest BCUT2D eigenvalue weighted by atomic mass is 10.3. The van der Waals surface area contributed by atoms with Gasteiger partial charge in [-0.05, 0) is 30.3 Å². The third-order valence-electron chi connectivity index (χ3n) is 4.31. The number of sulfonamides is 1. The molecule has 0 bridgehead atoms. The lowest BCUT2D eigenvalue weighted by molar-refractivity contribution is 0.101. The molecule has 0 aliphatic rings. The number of nitrogens with zero attached hydrogens (tertiary/aromatic N) is 3. The van der Waals surface area contributed by atoms with Crippen LogP contribution >= 0.6 is 0 Å². The minimum Gasteiger partial charge on any atom is -0.492 e. The highest BCUT2D eigenvalue weighted by atomic mass is 32.2. The van der Waals surface area contributed by atoms with E-state index in [0.717, 1.165) is 8.99 Å². The number of para-hydroxylation sites is 2. The van der Waals surface area contributed by atoms with Crippen LogP contribution in [0.3, 0.4) is 0 Å². The summed E-state index contributed by atoms with van der Waals surface area (Å²) >= 11 is 0. The third kappa shape index (κ3) is 5.36. The molecule has 0 fully saturated rings. The second kappa shape index (κ2) is 9.54. The lowest BCUT2D eigenvalue weighted by Crippen LogP contribution is -2.28. The molecule has 0 unspecified atom stereocenters. The van der Waals surface area contributed by atoms with Gasteiger partial charge in [0.1, 0.15) is 22.9 Å². The topological polar surface area (TPSA) is 111 Å². The Morgan fingerprint density at radius 3 is 2.42 bits per heavy atom. The van der Waals surface area contributed by atoms with Crippen LogP contribution in [0.15, 0.2) is 76.4 Å². The van der Waals surface area contributed by atoms with Gasteiger partial charge in [-0.2, -0.15) is 5.10 Å². The fraction of sp³-hybridized carbons (Fsp3) is 0.190. The van der Waals surface area contributed by atoms with Crippen molar-refractivity contribution in [1.29, 1.82) is 0 Å². The molecule has 0 aliphatic heterocycles. The van der Waals surface area contributed by atoms with Crippen LogP contribution < -0.4 is 15.6 Å². The van der Waals surface area contributed by atoms with E-state index in [-0.39, 0.29) is 35.0 Å². The van der Waals surface area contributed by atoms with Crippen molar-refractivity contribution < 1.29 is 17.9 Å². The van der Waals surface area contributed by atoms with Crippen molar-refractivity contribution in [3.05, 3.63) is 82.8 Å². The van der Waals surface area contributed by atoms with Crippen LogP contribution in [0.1, 0.15) is 10.5 Å². The van der Waals surface area contributed by atoms with Gasteiger partial charge in [0.05, 0.1) is 12.2 Å². The molecule has 162 valence electrons. The van der Waals surface area contributed by atoms with Crippen LogP contribution in [-0.2, 0) is 16.6 Å². The molecule has 3 aromatic rings. The second-order valence-electron chi connectivity index (χ2n) is 6.68. The van der Waals surface area contributed by atoms with Crippen molar-refractivity contribution in [3.63, 3.8) is 0 Å². The summed E-state index contributed by atoms with van der Waals surface area (Å²) in [6.45, 7) is 0.326. The van der Waals surface area contributed by atoms with Crippen LogP contribution in [0.5, 0.6) is 5.75 Å². The highest BCUT2D eigenvalue weighted by Gasteiger charge is 2.22. The van der Waals surface area contributed by atoms with Gasteiger partial charge in [0, 0.05) is 20.2 Å². The Morgan fingerprint density at radius 2 is 1.71 bits per heavy atom. The van der Waals surface area contributed by atoms with Crippen molar-refractivity contribution in [1.82, 2.24) is 14.1 Å². The molecule has 31 heavy (non-hydrogen) atoms. The molecule has 1 aromatic heterocycles. The van der Waals surface area contributed by atoms with Crippen LogP contribution in [0.2, 0.25) is 0 Å². The standard InChI is InChI=1S/C21H22N4O5S/c1-24(2)31(28,29)19-11-7-6-10-17(19)22-21(27)18-12-13-20(26)25(23-18)14-15-30-16-8-4-3-5-9-16/h3-13H,14-15H2,1-2H3,(H,22,27). The smallest absolute Gasteiger partial charge is 0.276 e. The number of hydrogen-bond acceptors (Lipinski definition) is 6. The average Bonchev–Trinajstić information content (AvgIpc) is 2.76.